The standard InChI is InChI=1S/C15H16FNS/c1-17-14-3-2-4-15(10-9-14)18-11-12-5-7-13(16)8-6-12/h3-10,17H,2,11H2,1H3. The summed E-state index contributed by atoms with van der Waals surface area (Å²) in [4.78, 5) is 1.25. The van der Waals surface area contributed by atoms with E-state index in [1.807, 2.05) is 19.2 Å². The Balaban J connectivity index is 1.91. The van der Waals surface area contributed by atoms with Gasteiger partial charge in [0.2, 0.25) is 0 Å². The van der Waals surface area contributed by atoms with Gasteiger partial charge in [-0.05, 0) is 36.3 Å². The molecule has 0 aliphatic heterocycles. The largest absolute Gasteiger partial charge is 0.388 e. The maximum Gasteiger partial charge on any atom is 0.123 e. The van der Waals surface area contributed by atoms with Crippen molar-refractivity contribution in [3.8, 4) is 0 Å². The minimum atomic E-state index is -0.180. The fourth-order valence-electron chi connectivity index (χ4n) is 1.65. The van der Waals surface area contributed by atoms with Crippen molar-refractivity contribution in [3.05, 3.63) is 70.6 Å². The Morgan fingerprint density at radius 2 is 1.94 bits per heavy atom. The highest BCUT2D eigenvalue weighted by Gasteiger charge is 2.00. The summed E-state index contributed by atoms with van der Waals surface area (Å²) in [5.41, 5.74) is 2.28. The first kappa shape index (κ1) is 13.0. The molecule has 0 spiro atoms. The summed E-state index contributed by atoms with van der Waals surface area (Å²) in [6, 6.07) is 6.68. The van der Waals surface area contributed by atoms with Crippen LogP contribution in [-0.2, 0) is 5.75 Å². The molecule has 0 saturated carbocycles. The van der Waals surface area contributed by atoms with E-state index in [2.05, 4.69) is 29.6 Å². The van der Waals surface area contributed by atoms with Gasteiger partial charge in [0.25, 0.3) is 0 Å². The van der Waals surface area contributed by atoms with Crippen LogP contribution >= 0.6 is 11.8 Å². The van der Waals surface area contributed by atoms with Gasteiger partial charge in [0.15, 0.2) is 0 Å². The van der Waals surface area contributed by atoms with Gasteiger partial charge in [-0.3, -0.25) is 0 Å². The molecule has 0 fully saturated rings. The molecule has 1 N–H and O–H groups in total. The number of likely N-dealkylation sites (N-methyl/N-ethyl adjacent to an activating group) is 1. The Labute approximate surface area is 111 Å². The molecule has 0 radical (unpaired) electrons. The van der Waals surface area contributed by atoms with Crippen molar-refractivity contribution >= 4 is 11.8 Å². The fourth-order valence-corrected chi connectivity index (χ4v) is 2.55. The van der Waals surface area contributed by atoms with E-state index in [4.69, 9.17) is 0 Å². The summed E-state index contributed by atoms with van der Waals surface area (Å²) >= 11 is 1.77. The third-order valence-corrected chi connectivity index (χ3v) is 3.81. The summed E-state index contributed by atoms with van der Waals surface area (Å²) in [6.45, 7) is 0. The van der Waals surface area contributed by atoms with Gasteiger partial charge >= 0.3 is 0 Å². The average Bonchev–Trinajstić information content (AvgIpc) is 2.63. The monoisotopic (exact) mass is 261 g/mol. The smallest absolute Gasteiger partial charge is 0.123 e. The second kappa shape index (κ2) is 6.45. The normalized spacial score (nSPS) is 14.8. The number of nitrogens with one attached hydrogen (secondary N) is 1. The molecule has 1 aromatic rings. The molecule has 0 atom stereocenters. The van der Waals surface area contributed by atoms with E-state index in [-0.39, 0.29) is 5.82 Å². The lowest BCUT2D eigenvalue weighted by molar-refractivity contribution is 0.627. The lowest BCUT2D eigenvalue weighted by atomic mass is 10.2. The summed E-state index contributed by atoms with van der Waals surface area (Å²) in [6.07, 6.45) is 9.49. The van der Waals surface area contributed by atoms with Gasteiger partial charge in [-0.1, -0.05) is 24.3 Å². The Hall–Kier alpha value is -1.48. The lowest BCUT2D eigenvalue weighted by Gasteiger charge is -2.02. The van der Waals surface area contributed by atoms with Crippen molar-refractivity contribution < 1.29 is 4.39 Å². The maximum absolute atomic E-state index is 12.8. The number of allylic oxidation sites excluding steroid dienone is 4. The predicted molar refractivity (Wildman–Crippen MR) is 76.7 cm³/mol. The van der Waals surface area contributed by atoms with Crippen LogP contribution in [0.25, 0.3) is 0 Å². The molecule has 0 bridgehead atoms. The number of halogens is 1. The highest BCUT2D eigenvalue weighted by Crippen LogP contribution is 2.25. The topological polar surface area (TPSA) is 12.0 Å². The molecule has 3 heteroatoms. The Morgan fingerprint density at radius 1 is 1.17 bits per heavy atom. The second-order valence-corrected chi connectivity index (χ2v) is 5.05. The van der Waals surface area contributed by atoms with E-state index in [1.165, 1.54) is 17.0 Å². The molecule has 1 aliphatic rings. The van der Waals surface area contributed by atoms with Crippen LogP contribution in [-0.4, -0.2) is 7.05 Å². The Morgan fingerprint density at radius 3 is 2.67 bits per heavy atom. The minimum absolute atomic E-state index is 0.180. The van der Waals surface area contributed by atoms with Crippen LogP contribution in [0.1, 0.15) is 12.0 Å². The van der Waals surface area contributed by atoms with E-state index in [0.717, 1.165) is 23.4 Å². The van der Waals surface area contributed by atoms with Crippen molar-refractivity contribution in [2.75, 3.05) is 7.05 Å². The van der Waals surface area contributed by atoms with Gasteiger partial charge in [-0.15, -0.1) is 11.8 Å². The first-order chi connectivity index (χ1) is 8.78. The lowest BCUT2D eigenvalue weighted by Crippen LogP contribution is -2.01. The second-order valence-electron chi connectivity index (χ2n) is 4.00. The Kier molecular flexibility index (Phi) is 4.65. The number of hydrogen-bond acceptors (Lipinski definition) is 2. The Bertz CT molecular complexity index is 486. The number of benzene rings is 1. The summed E-state index contributed by atoms with van der Waals surface area (Å²) < 4.78 is 12.8. The van der Waals surface area contributed by atoms with Crippen molar-refractivity contribution in [3.63, 3.8) is 0 Å². The molecule has 0 saturated heterocycles. The van der Waals surface area contributed by atoms with E-state index < -0.39 is 0 Å². The molecule has 1 aromatic carbocycles. The molecule has 2 rings (SSSR count). The predicted octanol–water partition coefficient (Wildman–Crippen LogP) is 4.01. The fraction of sp³-hybridized carbons (Fsp3) is 0.200. The minimum Gasteiger partial charge on any atom is -0.388 e. The van der Waals surface area contributed by atoms with E-state index in [0.29, 0.717) is 0 Å². The van der Waals surface area contributed by atoms with Crippen LogP contribution in [0.5, 0.6) is 0 Å². The van der Waals surface area contributed by atoms with Crippen molar-refractivity contribution in [2.45, 2.75) is 12.2 Å². The quantitative estimate of drug-likeness (QED) is 0.879. The van der Waals surface area contributed by atoms with Crippen molar-refractivity contribution in [1.29, 1.82) is 0 Å². The number of hydrogen-bond donors (Lipinski definition) is 1. The highest BCUT2D eigenvalue weighted by atomic mass is 32.2. The van der Waals surface area contributed by atoms with Crippen LogP contribution in [0.3, 0.4) is 0 Å². The zero-order valence-electron chi connectivity index (χ0n) is 10.3. The van der Waals surface area contributed by atoms with Gasteiger partial charge in [-0.25, -0.2) is 4.39 Å². The molecule has 18 heavy (non-hydrogen) atoms. The molecular formula is C15H16FNS. The van der Waals surface area contributed by atoms with Gasteiger partial charge in [0.05, 0.1) is 0 Å². The van der Waals surface area contributed by atoms with Crippen LogP contribution in [0.2, 0.25) is 0 Å². The van der Waals surface area contributed by atoms with Crippen molar-refractivity contribution in [1.82, 2.24) is 5.32 Å². The summed E-state index contributed by atoms with van der Waals surface area (Å²) in [5.74, 6) is 0.686. The highest BCUT2D eigenvalue weighted by molar-refractivity contribution is 8.02. The van der Waals surface area contributed by atoms with Crippen LogP contribution in [0.15, 0.2) is 59.2 Å². The van der Waals surface area contributed by atoms with Crippen LogP contribution < -0.4 is 5.32 Å². The van der Waals surface area contributed by atoms with Gasteiger partial charge in [0.1, 0.15) is 5.82 Å². The van der Waals surface area contributed by atoms with E-state index >= 15 is 0 Å². The summed E-state index contributed by atoms with van der Waals surface area (Å²) in [5, 5.41) is 3.13. The van der Waals surface area contributed by atoms with Crippen LogP contribution in [0, 0.1) is 5.82 Å². The third kappa shape index (κ3) is 3.77. The number of thioether (sulfide) groups is 1. The van der Waals surface area contributed by atoms with E-state index in [1.54, 1.807) is 11.8 Å². The SMILES string of the molecule is CNC1=CCC=C(SCc2ccc(F)cc2)C=C1. The van der Waals surface area contributed by atoms with Crippen LogP contribution in [0.4, 0.5) is 4.39 Å². The first-order valence-electron chi connectivity index (χ1n) is 5.91. The van der Waals surface area contributed by atoms with Gasteiger partial charge < -0.3 is 5.32 Å². The molecule has 0 amide bonds. The van der Waals surface area contributed by atoms with Gasteiger partial charge in [0, 0.05) is 23.4 Å². The van der Waals surface area contributed by atoms with Gasteiger partial charge in [-0.2, -0.15) is 0 Å². The zero-order chi connectivity index (χ0) is 12.8. The molecule has 1 aliphatic carbocycles. The molecule has 1 nitrogen and oxygen atoms in total. The van der Waals surface area contributed by atoms with E-state index in [9.17, 15) is 4.39 Å². The molecular weight excluding hydrogens is 245 g/mol. The third-order valence-electron chi connectivity index (χ3n) is 2.69. The molecule has 0 unspecified atom stereocenters. The van der Waals surface area contributed by atoms with Crippen molar-refractivity contribution in [2.24, 2.45) is 0 Å². The maximum atomic E-state index is 12.8. The molecule has 0 aromatic heterocycles. The average molecular weight is 261 g/mol. The number of rotatable bonds is 4. The molecule has 94 valence electrons. The summed E-state index contributed by atoms with van der Waals surface area (Å²) in [7, 11) is 1.92. The first-order valence-corrected chi connectivity index (χ1v) is 6.90. The molecule has 0 heterocycles. The zero-order valence-corrected chi connectivity index (χ0v) is 11.1.